The third kappa shape index (κ3) is 6.48. The molecule has 2 aromatic carbocycles. The average Bonchev–Trinajstić information content (AvgIpc) is 3.32. The minimum absolute atomic E-state index is 0.0175. The molecule has 2 aliphatic heterocycles. The number of hydrazine groups is 1. The van der Waals surface area contributed by atoms with Crippen LogP contribution in [0.25, 0.3) is 0 Å². The fourth-order valence-electron chi connectivity index (χ4n) is 3.96. The molecular formula is C23H28N2O9S. The van der Waals surface area contributed by atoms with Crippen LogP contribution in [0.5, 0.6) is 5.75 Å². The van der Waals surface area contributed by atoms with Gasteiger partial charge in [0.25, 0.3) is 0 Å². The largest absolute Gasteiger partial charge is 0.464 e. The van der Waals surface area contributed by atoms with E-state index in [0.717, 1.165) is 10.6 Å². The van der Waals surface area contributed by atoms with Crippen molar-refractivity contribution in [2.45, 2.75) is 49.0 Å². The van der Waals surface area contributed by atoms with Crippen molar-refractivity contribution in [3.05, 3.63) is 59.7 Å². The molecule has 2 aromatic rings. The predicted octanol–water partition coefficient (Wildman–Crippen LogP) is 1.85. The maximum absolute atomic E-state index is 13.1. The summed E-state index contributed by atoms with van der Waals surface area (Å²) in [6.45, 7) is 1.09. The molecule has 2 unspecified atom stereocenters. The number of amides is 1. The van der Waals surface area contributed by atoms with Crippen molar-refractivity contribution < 1.29 is 42.8 Å². The highest BCUT2D eigenvalue weighted by molar-refractivity contribution is 7.91. The van der Waals surface area contributed by atoms with Crippen molar-refractivity contribution in [3.63, 3.8) is 0 Å². The number of rotatable bonds is 10. The maximum atomic E-state index is 13.1. The van der Waals surface area contributed by atoms with Gasteiger partial charge in [0.05, 0.1) is 28.9 Å². The lowest BCUT2D eigenvalue weighted by Gasteiger charge is -2.34. The lowest BCUT2D eigenvalue weighted by molar-refractivity contribution is -0.194. The summed E-state index contributed by atoms with van der Waals surface area (Å²) in [7, 11) is -3.98. The molecule has 0 spiro atoms. The molecule has 35 heavy (non-hydrogen) atoms. The number of hydrogen-bond acceptors (Lipinski definition) is 9. The molecule has 11 nitrogen and oxygen atoms in total. The minimum Gasteiger partial charge on any atom is -0.464 e. The second kappa shape index (κ2) is 11.3. The number of benzene rings is 2. The fourth-order valence-corrected chi connectivity index (χ4v) is 5.42. The molecule has 4 rings (SSSR count). The molecule has 3 N–H and O–H groups in total. The van der Waals surface area contributed by atoms with Crippen LogP contribution < -0.4 is 10.5 Å². The van der Waals surface area contributed by atoms with Crippen LogP contribution in [-0.4, -0.2) is 66.9 Å². The maximum Gasteiger partial charge on any atom is 0.423 e. The molecule has 1 saturated heterocycles. The van der Waals surface area contributed by atoms with E-state index in [4.69, 9.17) is 19.3 Å². The first kappa shape index (κ1) is 25.4. The van der Waals surface area contributed by atoms with E-state index < -0.39 is 33.8 Å². The zero-order valence-electron chi connectivity index (χ0n) is 18.9. The molecule has 0 aromatic heterocycles. The highest BCUT2D eigenvalue weighted by atomic mass is 32.2. The first-order chi connectivity index (χ1) is 16.8. The van der Waals surface area contributed by atoms with Crippen LogP contribution in [0.15, 0.2) is 53.4 Å². The number of aliphatic hydroxyl groups is 1. The number of carboxylic acid groups (broad SMARTS) is 1. The number of sulfone groups is 1. The topological polar surface area (TPSA) is 144 Å². The Hall–Kier alpha value is -2.74. The molecule has 2 heterocycles. The van der Waals surface area contributed by atoms with E-state index in [1.54, 1.807) is 24.3 Å². The summed E-state index contributed by atoms with van der Waals surface area (Å²) in [5, 5.41) is 21.7. The predicted molar refractivity (Wildman–Crippen MR) is 122 cm³/mol. The fraction of sp³-hybridized carbons (Fsp3) is 0.435. The van der Waals surface area contributed by atoms with Gasteiger partial charge in [0.2, 0.25) is 0 Å². The summed E-state index contributed by atoms with van der Waals surface area (Å²) in [5.74, 6) is -0.272. The summed E-state index contributed by atoms with van der Waals surface area (Å²) < 4.78 is 31.5. The van der Waals surface area contributed by atoms with Crippen LogP contribution in [0.1, 0.15) is 24.0 Å². The van der Waals surface area contributed by atoms with Gasteiger partial charge in [-0.3, -0.25) is 4.84 Å². The third-order valence-electron chi connectivity index (χ3n) is 5.90. The second-order valence-electron chi connectivity index (χ2n) is 8.39. The monoisotopic (exact) mass is 508 g/mol. The average molecular weight is 509 g/mol. The lowest BCUT2D eigenvalue weighted by atomic mass is 10.0. The number of hydrogen-bond donors (Lipinski definition) is 3. The van der Waals surface area contributed by atoms with Crippen LogP contribution in [-0.2, 0) is 37.3 Å². The first-order valence-electron chi connectivity index (χ1n) is 11.2. The molecule has 1 fully saturated rings. The van der Waals surface area contributed by atoms with Gasteiger partial charge >= 0.3 is 6.09 Å². The summed E-state index contributed by atoms with van der Waals surface area (Å²) in [5.41, 5.74) is 3.73. The molecular weight excluding hydrogens is 480 g/mol. The van der Waals surface area contributed by atoms with E-state index in [-0.39, 0.29) is 24.0 Å². The molecule has 0 radical (unpaired) electrons. The van der Waals surface area contributed by atoms with E-state index >= 15 is 0 Å². The van der Waals surface area contributed by atoms with Crippen LogP contribution in [0.2, 0.25) is 0 Å². The van der Waals surface area contributed by atoms with E-state index in [2.05, 4.69) is 5.59 Å². The molecule has 0 bridgehead atoms. The van der Waals surface area contributed by atoms with Gasteiger partial charge in [0.15, 0.2) is 15.6 Å². The van der Waals surface area contributed by atoms with Crippen molar-refractivity contribution in [1.29, 1.82) is 0 Å². The summed E-state index contributed by atoms with van der Waals surface area (Å²) in [6, 6.07) is 12.0. The Labute approximate surface area is 202 Å². The van der Waals surface area contributed by atoms with E-state index in [1.165, 1.54) is 18.2 Å². The lowest BCUT2D eigenvalue weighted by Crippen LogP contribution is -2.56. The van der Waals surface area contributed by atoms with Crippen molar-refractivity contribution in [1.82, 2.24) is 10.6 Å². The molecule has 12 heteroatoms. The van der Waals surface area contributed by atoms with Crippen LogP contribution in [0.3, 0.4) is 0 Å². The van der Waals surface area contributed by atoms with E-state index in [9.17, 15) is 23.4 Å². The van der Waals surface area contributed by atoms with Crippen molar-refractivity contribution in [2.75, 3.05) is 19.0 Å². The quantitative estimate of drug-likeness (QED) is 0.321. The second-order valence-corrected chi connectivity index (χ2v) is 10.4. The Morgan fingerprint density at radius 2 is 1.91 bits per heavy atom. The highest BCUT2D eigenvalue weighted by Crippen LogP contribution is 2.29. The van der Waals surface area contributed by atoms with Gasteiger partial charge in [0, 0.05) is 18.8 Å². The smallest absolute Gasteiger partial charge is 0.423 e. The Bertz CT molecular complexity index is 1110. The molecule has 2 aliphatic rings. The number of carbonyl (C=O) groups is 1. The van der Waals surface area contributed by atoms with Gasteiger partial charge in [0.1, 0.15) is 6.61 Å². The Kier molecular flexibility index (Phi) is 8.21. The Morgan fingerprint density at radius 3 is 2.63 bits per heavy atom. The van der Waals surface area contributed by atoms with E-state index in [1.807, 2.05) is 6.07 Å². The minimum atomic E-state index is -3.98. The number of fused-ring (bicyclic) bond motifs is 1. The summed E-state index contributed by atoms with van der Waals surface area (Å²) in [6.07, 6.45) is -2.05. The highest BCUT2D eigenvalue weighted by Gasteiger charge is 2.35. The molecule has 0 aliphatic carbocycles. The number of nitrogens with one attached hydrogen (secondary N) is 1. The van der Waals surface area contributed by atoms with Crippen LogP contribution >= 0.6 is 0 Å². The molecule has 190 valence electrons. The van der Waals surface area contributed by atoms with Gasteiger partial charge in [-0.25, -0.2) is 18.2 Å². The normalized spacial score (nSPS) is 17.9. The summed E-state index contributed by atoms with van der Waals surface area (Å²) in [4.78, 5) is 27.5. The molecule has 2 atom stereocenters. The third-order valence-corrected chi connectivity index (χ3v) is 7.65. The first-order valence-corrected chi connectivity index (χ1v) is 12.9. The molecule has 0 saturated carbocycles. The van der Waals surface area contributed by atoms with Crippen molar-refractivity contribution >= 4 is 15.9 Å². The number of nitrogens with zero attached hydrogens (tertiary/aromatic N) is 1. The number of aliphatic hydroxyl groups excluding tert-OH is 1. The Morgan fingerprint density at radius 1 is 1.17 bits per heavy atom. The van der Waals surface area contributed by atoms with Crippen LogP contribution in [0, 0.1) is 0 Å². The van der Waals surface area contributed by atoms with Crippen molar-refractivity contribution in [3.8, 4) is 5.75 Å². The SMILES string of the molecule is O=C(O)N(NOC1CCOCC1)C(Cc1ccccc1)C(O)CS(=O)(=O)c1ccc2c(c1)COO2. The zero-order chi connectivity index (χ0) is 24.8. The summed E-state index contributed by atoms with van der Waals surface area (Å²) >= 11 is 0. The van der Waals surface area contributed by atoms with Gasteiger partial charge < -0.3 is 19.8 Å². The Balaban J connectivity index is 1.54. The van der Waals surface area contributed by atoms with E-state index in [0.29, 0.717) is 37.4 Å². The number of ether oxygens (including phenoxy) is 1. The van der Waals surface area contributed by atoms with Gasteiger partial charge in [-0.15, -0.1) is 5.59 Å². The standard InChI is InChI=1S/C23H28N2O9S/c26-21(15-35(29,30)19-6-7-22-17(13-19)14-32-34-22)20(12-16-4-2-1-3-5-16)25(23(27)28)24-33-18-8-10-31-11-9-18/h1-7,13,18,20-21,24,26H,8-12,14-15H2,(H,27,28). The van der Waals surface area contributed by atoms with Crippen LogP contribution in [0.4, 0.5) is 4.79 Å². The molecule has 1 amide bonds. The van der Waals surface area contributed by atoms with Gasteiger partial charge in [-0.05, 0) is 43.0 Å². The zero-order valence-corrected chi connectivity index (χ0v) is 19.7. The van der Waals surface area contributed by atoms with Gasteiger partial charge in [-0.2, -0.15) is 4.89 Å². The van der Waals surface area contributed by atoms with Gasteiger partial charge in [-0.1, -0.05) is 30.3 Å². The van der Waals surface area contributed by atoms with Crippen molar-refractivity contribution in [2.24, 2.45) is 0 Å².